The lowest BCUT2D eigenvalue weighted by Gasteiger charge is -2.12. The summed E-state index contributed by atoms with van der Waals surface area (Å²) in [6.45, 7) is 0. The van der Waals surface area contributed by atoms with E-state index in [2.05, 4.69) is 68.5 Å². The second-order valence-electron chi connectivity index (χ2n) is 4.63. The van der Waals surface area contributed by atoms with Crippen LogP contribution in [0.4, 0.5) is 17.6 Å². The third-order valence-electron chi connectivity index (χ3n) is 2.96. The van der Waals surface area contributed by atoms with Gasteiger partial charge in [-0.1, -0.05) is 0 Å². The molecular weight excluding hydrogens is 664 g/mol. The largest absolute Gasteiger partial charge is 0.416 e. The van der Waals surface area contributed by atoms with Crippen molar-refractivity contribution in [3.05, 3.63) is 52.8 Å². The fourth-order valence-corrected chi connectivity index (χ4v) is 4.58. The molecule has 27 heavy (non-hydrogen) atoms. The summed E-state index contributed by atoms with van der Waals surface area (Å²) in [7, 11) is -5.62. The van der Waals surface area contributed by atoms with E-state index in [4.69, 9.17) is 4.55 Å². The number of carbonyl (C=O) groups excluding carboxylic acids is 1. The number of carbonyl (C=O) groups is 1. The van der Waals surface area contributed by atoms with Gasteiger partial charge in [-0.05, 0) is 69.8 Å². The zero-order valence-electron chi connectivity index (χ0n) is 12.1. The molecule has 1 N–H and O–H groups in total. The quantitative estimate of drug-likeness (QED) is 0.113. The van der Waals surface area contributed by atoms with Crippen LogP contribution in [0.1, 0.15) is 10.4 Å². The minimum absolute atomic E-state index is 0.0823. The zero-order chi connectivity index (χ0) is 20.8. The SMILES string of the molecule is O=C(Oc1c(F)c(F)c(S(=O)(=O)O)c(F)c1F)c1cc(Br)c(Br)c(Br)c1Br. The monoisotopic (exact) mass is 662 g/mol. The van der Waals surface area contributed by atoms with Gasteiger partial charge in [-0.3, -0.25) is 4.55 Å². The molecule has 0 radical (unpaired) electrons. The van der Waals surface area contributed by atoms with Gasteiger partial charge >= 0.3 is 16.1 Å². The maximum atomic E-state index is 14.0. The highest BCUT2D eigenvalue weighted by Gasteiger charge is 2.34. The van der Waals surface area contributed by atoms with Crippen LogP contribution >= 0.6 is 63.7 Å². The Morgan fingerprint density at radius 2 is 1.37 bits per heavy atom. The normalized spacial score (nSPS) is 11.6. The van der Waals surface area contributed by atoms with Gasteiger partial charge in [0.2, 0.25) is 17.4 Å². The van der Waals surface area contributed by atoms with E-state index in [-0.39, 0.29) is 10.0 Å². The van der Waals surface area contributed by atoms with Crippen LogP contribution in [0.5, 0.6) is 5.75 Å². The van der Waals surface area contributed by atoms with Crippen molar-refractivity contribution in [1.82, 2.24) is 0 Å². The number of halogens is 8. The second kappa shape index (κ2) is 8.06. The summed E-state index contributed by atoms with van der Waals surface area (Å²) in [5.74, 6) is -12.8. The average molecular weight is 666 g/mol. The Balaban J connectivity index is 2.62. The molecule has 0 aliphatic heterocycles. The van der Waals surface area contributed by atoms with Gasteiger partial charge in [-0.2, -0.15) is 17.2 Å². The first-order valence-electron chi connectivity index (χ1n) is 6.17. The van der Waals surface area contributed by atoms with Crippen molar-refractivity contribution in [3.8, 4) is 5.75 Å². The van der Waals surface area contributed by atoms with Gasteiger partial charge in [0.15, 0.2) is 16.5 Å². The maximum absolute atomic E-state index is 14.0. The first-order chi connectivity index (χ1) is 12.3. The average Bonchev–Trinajstić information content (AvgIpc) is 2.57. The second-order valence-corrected chi connectivity index (χ2v) is 9.22. The fourth-order valence-electron chi connectivity index (χ4n) is 1.78. The van der Waals surface area contributed by atoms with Crippen LogP contribution in [0.15, 0.2) is 28.9 Å². The van der Waals surface area contributed by atoms with Gasteiger partial charge < -0.3 is 4.74 Å². The van der Waals surface area contributed by atoms with E-state index >= 15 is 0 Å². The van der Waals surface area contributed by atoms with Gasteiger partial charge in [0.25, 0.3) is 0 Å². The van der Waals surface area contributed by atoms with E-state index < -0.39 is 50.0 Å². The first-order valence-corrected chi connectivity index (χ1v) is 10.8. The molecule has 0 aliphatic rings. The van der Waals surface area contributed by atoms with Crippen molar-refractivity contribution < 1.29 is 40.1 Å². The van der Waals surface area contributed by atoms with Crippen molar-refractivity contribution in [2.45, 2.75) is 4.90 Å². The molecule has 0 heterocycles. The van der Waals surface area contributed by atoms with Crippen molar-refractivity contribution in [1.29, 1.82) is 0 Å². The highest BCUT2D eigenvalue weighted by Crippen LogP contribution is 2.40. The van der Waals surface area contributed by atoms with Crippen LogP contribution in [0.2, 0.25) is 0 Å². The summed E-state index contributed by atoms with van der Waals surface area (Å²) in [6.07, 6.45) is 0. The predicted molar refractivity (Wildman–Crippen MR) is 98.3 cm³/mol. The Labute approximate surface area is 182 Å². The first kappa shape index (κ1) is 22.7. The standard InChI is InChI=1S/C13H2Br4F4O5S/c14-3-1-2(4(15)6(17)5(3)16)13(22)26-11-7(18)9(20)12(27(23,24)25)10(21)8(11)19/h1H,(H,23,24,25). The number of hydrogen-bond donors (Lipinski definition) is 1. The molecule has 5 nitrogen and oxygen atoms in total. The topological polar surface area (TPSA) is 80.7 Å². The molecule has 0 spiro atoms. The van der Waals surface area contributed by atoms with Crippen LogP contribution in [-0.4, -0.2) is 18.9 Å². The number of ether oxygens (including phenoxy) is 1. The number of hydrogen-bond acceptors (Lipinski definition) is 4. The summed E-state index contributed by atoms with van der Waals surface area (Å²) in [5.41, 5.74) is -0.296. The summed E-state index contributed by atoms with van der Waals surface area (Å²) < 4.78 is 91.5. The molecule has 146 valence electrons. The highest BCUT2D eigenvalue weighted by atomic mass is 79.9. The summed E-state index contributed by atoms with van der Waals surface area (Å²) in [5, 5.41) is 0. The molecule has 0 saturated heterocycles. The van der Waals surface area contributed by atoms with Gasteiger partial charge in [0.1, 0.15) is 0 Å². The maximum Gasteiger partial charge on any atom is 0.344 e. The van der Waals surface area contributed by atoms with Gasteiger partial charge in [-0.25, -0.2) is 13.6 Å². The number of rotatable bonds is 3. The molecule has 2 rings (SSSR count). The van der Waals surface area contributed by atoms with Crippen molar-refractivity contribution >= 4 is 79.8 Å². The molecule has 0 aliphatic carbocycles. The Bertz CT molecular complexity index is 1060. The zero-order valence-corrected chi connectivity index (χ0v) is 19.3. The smallest absolute Gasteiger partial charge is 0.344 e. The lowest BCUT2D eigenvalue weighted by Crippen LogP contribution is -2.16. The molecule has 0 bridgehead atoms. The van der Waals surface area contributed by atoms with Crippen molar-refractivity contribution in [3.63, 3.8) is 0 Å². The molecule has 0 fully saturated rings. The van der Waals surface area contributed by atoms with Crippen LogP contribution in [0, 0.1) is 23.3 Å². The lowest BCUT2D eigenvalue weighted by molar-refractivity contribution is 0.0715. The van der Waals surface area contributed by atoms with E-state index in [0.29, 0.717) is 13.4 Å². The molecule has 0 unspecified atom stereocenters. The lowest BCUT2D eigenvalue weighted by atomic mass is 10.2. The number of esters is 1. The number of benzene rings is 2. The minimum Gasteiger partial charge on any atom is -0.416 e. The molecule has 2 aromatic carbocycles. The third kappa shape index (κ3) is 4.24. The molecule has 0 aromatic heterocycles. The van der Waals surface area contributed by atoms with E-state index in [1.54, 1.807) is 0 Å². The highest BCUT2D eigenvalue weighted by molar-refractivity contribution is 9.15. The summed E-state index contributed by atoms with van der Waals surface area (Å²) in [4.78, 5) is 9.96. The van der Waals surface area contributed by atoms with Gasteiger partial charge in [0.05, 0.1) is 5.56 Å². The summed E-state index contributed by atoms with van der Waals surface area (Å²) in [6, 6.07) is 1.18. The van der Waals surface area contributed by atoms with Crippen LogP contribution in [-0.2, 0) is 10.1 Å². The van der Waals surface area contributed by atoms with Gasteiger partial charge in [0, 0.05) is 17.9 Å². The predicted octanol–water partition coefficient (Wildman–Crippen LogP) is 5.76. The molecule has 14 heteroatoms. The van der Waals surface area contributed by atoms with Crippen LogP contribution in [0.3, 0.4) is 0 Å². The van der Waals surface area contributed by atoms with E-state index in [9.17, 15) is 30.8 Å². The van der Waals surface area contributed by atoms with Crippen LogP contribution in [0.25, 0.3) is 0 Å². The Kier molecular flexibility index (Phi) is 6.79. The van der Waals surface area contributed by atoms with E-state index in [0.717, 1.165) is 0 Å². The minimum atomic E-state index is -5.62. The van der Waals surface area contributed by atoms with E-state index in [1.807, 2.05) is 0 Å². The molecule has 2 aromatic rings. The van der Waals surface area contributed by atoms with Gasteiger partial charge in [-0.15, -0.1) is 0 Å². The Morgan fingerprint density at radius 3 is 1.81 bits per heavy atom. The fraction of sp³-hybridized carbons (Fsp3) is 0. The third-order valence-corrected chi connectivity index (χ3v) is 8.49. The van der Waals surface area contributed by atoms with Crippen molar-refractivity contribution in [2.75, 3.05) is 0 Å². The Morgan fingerprint density at radius 1 is 0.889 bits per heavy atom. The summed E-state index contributed by atoms with van der Waals surface area (Å²) >= 11 is 12.4. The van der Waals surface area contributed by atoms with Crippen molar-refractivity contribution in [2.24, 2.45) is 0 Å². The van der Waals surface area contributed by atoms with E-state index in [1.165, 1.54) is 6.07 Å². The molecular formula is C13H2Br4F4O5S. The molecule has 0 amide bonds. The Hall–Kier alpha value is -0.540. The van der Waals surface area contributed by atoms with Crippen LogP contribution < -0.4 is 4.74 Å². The molecule has 0 saturated carbocycles. The molecule has 0 atom stereocenters.